The highest BCUT2D eigenvalue weighted by atomic mass is 19.4. The van der Waals surface area contributed by atoms with Crippen LogP contribution in [-0.4, -0.2) is 29.5 Å². The van der Waals surface area contributed by atoms with Crippen molar-refractivity contribution in [2.75, 3.05) is 12.4 Å². The Morgan fingerprint density at radius 1 is 1.33 bits per heavy atom. The summed E-state index contributed by atoms with van der Waals surface area (Å²) >= 11 is 0. The van der Waals surface area contributed by atoms with Crippen LogP contribution in [0.15, 0.2) is 28.8 Å². The van der Waals surface area contributed by atoms with E-state index < -0.39 is 18.1 Å². The first kappa shape index (κ1) is 17.6. The number of para-hydroxylation sites is 2. The number of hydrogen-bond acceptors (Lipinski definition) is 4. The topological polar surface area (TPSA) is 67.6 Å². The summed E-state index contributed by atoms with van der Waals surface area (Å²) < 4.78 is 46.1. The second-order valence-corrected chi connectivity index (χ2v) is 5.13. The largest absolute Gasteiger partial charge is 0.573 e. The van der Waals surface area contributed by atoms with Gasteiger partial charge in [-0.3, -0.25) is 0 Å². The summed E-state index contributed by atoms with van der Waals surface area (Å²) in [6, 6.07) is 4.73. The van der Waals surface area contributed by atoms with E-state index in [1.54, 1.807) is 13.8 Å². The van der Waals surface area contributed by atoms with E-state index in [0.717, 1.165) is 11.6 Å². The lowest BCUT2D eigenvalue weighted by Gasteiger charge is -2.19. The van der Waals surface area contributed by atoms with E-state index in [-0.39, 0.29) is 12.2 Å². The molecular weight excluding hydrogens is 327 g/mol. The fourth-order valence-corrected chi connectivity index (χ4v) is 2.03. The molecule has 1 heterocycles. The lowest BCUT2D eigenvalue weighted by Crippen LogP contribution is -2.31. The molecule has 2 rings (SSSR count). The first-order chi connectivity index (χ1) is 11.2. The van der Waals surface area contributed by atoms with Crippen LogP contribution in [0.1, 0.15) is 17.0 Å². The average Bonchev–Trinajstić information content (AvgIpc) is 2.79. The van der Waals surface area contributed by atoms with Crippen LogP contribution >= 0.6 is 0 Å². The molecule has 130 valence electrons. The van der Waals surface area contributed by atoms with Gasteiger partial charge in [0.1, 0.15) is 5.76 Å². The van der Waals surface area contributed by atoms with Gasteiger partial charge in [0.15, 0.2) is 5.75 Å². The molecule has 0 saturated carbocycles. The molecule has 0 unspecified atom stereocenters. The summed E-state index contributed by atoms with van der Waals surface area (Å²) in [5.74, 6) is 0.0945. The number of halogens is 3. The van der Waals surface area contributed by atoms with Crippen molar-refractivity contribution < 1.29 is 27.2 Å². The zero-order valence-corrected chi connectivity index (χ0v) is 13.3. The molecule has 1 aromatic carbocycles. The van der Waals surface area contributed by atoms with Gasteiger partial charge in [0.05, 0.1) is 17.9 Å². The lowest BCUT2D eigenvalue weighted by atomic mass is 10.2. The van der Waals surface area contributed by atoms with Gasteiger partial charge in [-0.15, -0.1) is 13.2 Å². The van der Waals surface area contributed by atoms with E-state index >= 15 is 0 Å². The molecule has 9 heteroatoms. The zero-order chi connectivity index (χ0) is 17.9. The van der Waals surface area contributed by atoms with Gasteiger partial charge in [-0.05, 0) is 26.0 Å². The summed E-state index contributed by atoms with van der Waals surface area (Å²) in [7, 11) is 1.51. The van der Waals surface area contributed by atoms with Gasteiger partial charge in [0.2, 0.25) is 0 Å². The van der Waals surface area contributed by atoms with E-state index in [1.807, 2.05) is 0 Å². The maximum absolute atomic E-state index is 12.4. The number of alkyl halides is 3. The summed E-state index contributed by atoms with van der Waals surface area (Å²) in [6.45, 7) is 3.66. The molecule has 0 radical (unpaired) electrons. The van der Waals surface area contributed by atoms with Crippen LogP contribution in [0.3, 0.4) is 0 Å². The number of amides is 2. The normalized spacial score (nSPS) is 11.2. The predicted octanol–water partition coefficient (Wildman–Crippen LogP) is 3.85. The molecule has 2 amide bonds. The molecule has 24 heavy (non-hydrogen) atoms. The fourth-order valence-electron chi connectivity index (χ4n) is 2.03. The summed E-state index contributed by atoms with van der Waals surface area (Å²) in [4.78, 5) is 13.5. The van der Waals surface area contributed by atoms with Gasteiger partial charge in [-0.25, -0.2) is 4.79 Å². The fraction of sp³-hybridized carbons (Fsp3) is 0.333. The number of anilines is 1. The number of urea groups is 1. The van der Waals surface area contributed by atoms with E-state index in [1.165, 1.54) is 30.1 Å². The summed E-state index contributed by atoms with van der Waals surface area (Å²) in [5, 5.41) is 6.18. The summed E-state index contributed by atoms with van der Waals surface area (Å²) in [5.41, 5.74) is 1.31. The number of rotatable bonds is 4. The van der Waals surface area contributed by atoms with Crippen molar-refractivity contribution in [1.82, 2.24) is 10.1 Å². The third-order valence-electron chi connectivity index (χ3n) is 3.28. The minimum absolute atomic E-state index is 0.0783. The number of benzene rings is 1. The van der Waals surface area contributed by atoms with Crippen LogP contribution in [0.25, 0.3) is 0 Å². The quantitative estimate of drug-likeness (QED) is 0.915. The molecule has 0 aliphatic heterocycles. The van der Waals surface area contributed by atoms with Gasteiger partial charge in [-0.1, -0.05) is 17.3 Å². The first-order valence-electron chi connectivity index (χ1n) is 6.96. The third-order valence-corrected chi connectivity index (χ3v) is 3.28. The monoisotopic (exact) mass is 343 g/mol. The second-order valence-electron chi connectivity index (χ2n) is 5.13. The number of ether oxygens (including phenoxy) is 1. The molecule has 1 aromatic heterocycles. The highest BCUT2D eigenvalue weighted by molar-refractivity contribution is 5.90. The maximum Gasteiger partial charge on any atom is 0.573 e. The molecule has 0 spiro atoms. The van der Waals surface area contributed by atoms with Crippen LogP contribution in [0, 0.1) is 13.8 Å². The van der Waals surface area contributed by atoms with Crippen molar-refractivity contribution in [1.29, 1.82) is 0 Å². The van der Waals surface area contributed by atoms with Crippen molar-refractivity contribution in [2.24, 2.45) is 0 Å². The summed E-state index contributed by atoms with van der Waals surface area (Å²) in [6.07, 6.45) is -4.84. The number of aromatic nitrogens is 1. The minimum Gasteiger partial charge on any atom is -0.404 e. The third kappa shape index (κ3) is 4.40. The highest BCUT2D eigenvalue weighted by Crippen LogP contribution is 2.30. The van der Waals surface area contributed by atoms with E-state index in [4.69, 9.17) is 4.52 Å². The molecule has 1 N–H and O–H groups in total. The number of nitrogens with one attached hydrogen (secondary N) is 1. The van der Waals surface area contributed by atoms with Crippen LogP contribution in [0.5, 0.6) is 5.75 Å². The van der Waals surface area contributed by atoms with E-state index in [9.17, 15) is 18.0 Å². The Bertz CT molecular complexity index is 709. The number of carbonyl (C=O) groups is 1. The molecule has 0 aliphatic carbocycles. The predicted molar refractivity (Wildman–Crippen MR) is 79.6 cm³/mol. The Morgan fingerprint density at radius 2 is 2.00 bits per heavy atom. The molecule has 0 fully saturated rings. The van der Waals surface area contributed by atoms with Crippen molar-refractivity contribution in [3.63, 3.8) is 0 Å². The Hall–Kier alpha value is -2.71. The molecular formula is C15H16F3N3O3. The highest BCUT2D eigenvalue weighted by Gasteiger charge is 2.32. The van der Waals surface area contributed by atoms with Crippen LogP contribution < -0.4 is 10.1 Å². The Kier molecular flexibility index (Phi) is 5.01. The van der Waals surface area contributed by atoms with E-state index in [2.05, 4.69) is 15.2 Å². The number of carbonyl (C=O) groups excluding carboxylic acids is 1. The van der Waals surface area contributed by atoms with Gasteiger partial charge in [0, 0.05) is 12.6 Å². The Labute approximate surface area is 136 Å². The Morgan fingerprint density at radius 3 is 2.58 bits per heavy atom. The van der Waals surface area contributed by atoms with Crippen molar-refractivity contribution in [3.05, 3.63) is 41.3 Å². The van der Waals surface area contributed by atoms with Gasteiger partial charge in [-0.2, -0.15) is 0 Å². The van der Waals surface area contributed by atoms with Gasteiger partial charge < -0.3 is 19.5 Å². The van der Waals surface area contributed by atoms with E-state index in [0.29, 0.717) is 11.5 Å². The molecule has 0 aliphatic rings. The smallest absolute Gasteiger partial charge is 0.404 e. The average molecular weight is 343 g/mol. The standard InChI is InChI=1S/C15H16F3N3O3/c1-9-11(10(2)24-20-9)8-21(3)14(22)19-12-6-4-5-7-13(12)23-15(16,17)18/h4-7H,8H2,1-3H3,(H,19,22). The molecule has 0 atom stereocenters. The van der Waals surface area contributed by atoms with Crippen molar-refractivity contribution in [2.45, 2.75) is 26.8 Å². The van der Waals surface area contributed by atoms with Crippen LogP contribution in [0.2, 0.25) is 0 Å². The zero-order valence-electron chi connectivity index (χ0n) is 13.3. The van der Waals surface area contributed by atoms with Crippen LogP contribution in [0.4, 0.5) is 23.7 Å². The molecule has 0 bridgehead atoms. The van der Waals surface area contributed by atoms with Gasteiger partial charge in [0.25, 0.3) is 0 Å². The number of nitrogens with zero attached hydrogens (tertiary/aromatic N) is 2. The van der Waals surface area contributed by atoms with Crippen molar-refractivity contribution >= 4 is 11.7 Å². The molecule has 6 nitrogen and oxygen atoms in total. The van der Waals surface area contributed by atoms with Gasteiger partial charge >= 0.3 is 12.4 Å². The number of hydrogen-bond donors (Lipinski definition) is 1. The number of aryl methyl sites for hydroxylation is 2. The second kappa shape index (κ2) is 6.81. The van der Waals surface area contributed by atoms with Crippen molar-refractivity contribution in [3.8, 4) is 5.75 Å². The molecule has 2 aromatic rings. The Balaban J connectivity index is 2.09. The SMILES string of the molecule is Cc1noc(C)c1CN(C)C(=O)Nc1ccccc1OC(F)(F)F. The lowest BCUT2D eigenvalue weighted by molar-refractivity contribution is -0.274. The molecule has 0 saturated heterocycles. The minimum atomic E-state index is -4.84. The van der Waals surface area contributed by atoms with Crippen LogP contribution in [-0.2, 0) is 6.54 Å². The maximum atomic E-state index is 12.4. The first-order valence-corrected chi connectivity index (χ1v) is 6.96.